The summed E-state index contributed by atoms with van der Waals surface area (Å²) in [5.41, 5.74) is 1.42. The van der Waals surface area contributed by atoms with Crippen LogP contribution in [0.4, 0.5) is 0 Å². The Bertz CT molecular complexity index is 918. The Balaban J connectivity index is 2.03. The molecule has 0 fully saturated rings. The van der Waals surface area contributed by atoms with E-state index in [1.54, 1.807) is 26.6 Å². The summed E-state index contributed by atoms with van der Waals surface area (Å²) in [5, 5.41) is 11.3. The number of benzene rings is 1. The summed E-state index contributed by atoms with van der Waals surface area (Å²) in [5.74, 6) is 1.75. The molecule has 0 atom stereocenters. The highest BCUT2D eigenvalue weighted by Gasteiger charge is 2.10. The maximum absolute atomic E-state index is 5.40. The highest BCUT2D eigenvalue weighted by atomic mass is 32.1. The number of hydrogen-bond donors (Lipinski definition) is 1. The molecule has 0 aliphatic heterocycles. The molecule has 0 aliphatic rings. The first kappa shape index (κ1) is 15.9. The number of H-pyrrole nitrogens is 1. The van der Waals surface area contributed by atoms with Crippen molar-refractivity contribution in [2.24, 2.45) is 5.10 Å². The van der Waals surface area contributed by atoms with Gasteiger partial charge in [-0.1, -0.05) is 12.1 Å². The molecule has 1 N–H and O–H groups in total. The lowest BCUT2D eigenvalue weighted by atomic mass is 10.2. The van der Waals surface area contributed by atoms with Crippen molar-refractivity contribution in [1.82, 2.24) is 19.9 Å². The van der Waals surface area contributed by atoms with Gasteiger partial charge in [0.25, 0.3) is 0 Å². The van der Waals surface area contributed by atoms with E-state index in [1.807, 2.05) is 36.4 Å². The molecule has 2 aromatic heterocycles. The van der Waals surface area contributed by atoms with Gasteiger partial charge in [0, 0.05) is 11.8 Å². The van der Waals surface area contributed by atoms with Gasteiger partial charge in [0.15, 0.2) is 11.5 Å². The van der Waals surface area contributed by atoms with Gasteiger partial charge in [-0.2, -0.15) is 14.9 Å². The summed E-state index contributed by atoms with van der Waals surface area (Å²) in [4.78, 5) is 4.27. The van der Waals surface area contributed by atoms with Gasteiger partial charge in [-0.15, -0.1) is 0 Å². The molecule has 0 spiro atoms. The van der Waals surface area contributed by atoms with Crippen LogP contribution in [-0.2, 0) is 0 Å². The average molecular weight is 341 g/mol. The van der Waals surface area contributed by atoms with Crippen LogP contribution < -0.4 is 9.47 Å². The minimum atomic E-state index is 0.369. The van der Waals surface area contributed by atoms with E-state index < -0.39 is 0 Å². The second-order valence-corrected chi connectivity index (χ2v) is 5.09. The lowest BCUT2D eigenvalue weighted by Crippen LogP contribution is -1.98. The van der Waals surface area contributed by atoms with Gasteiger partial charge in [0.1, 0.15) is 5.69 Å². The van der Waals surface area contributed by atoms with Crippen molar-refractivity contribution in [3.8, 4) is 23.0 Å². The zero-order valence-electron chi connectivity index (χ0n) is 13.1. The zero-order valence-corrected chi connectivity index (χ0v) is 13.9. The van der Waals surface area contributed by atoms with Crippen molar-refractivity contribution in [2.45, 2.75) is 0 Å². The highest BCUT2D eigenvalue weighted by molar-refractivity contribution is 7.71. The largest absolute Gasteiger partial charge is 0.493 e. The van der Waals surface area contributed by atoms with Crippen molar-refractivity contribution < 1.29 is 9.47 Å². The van der Waals surface area contributed by atoms with Gasteiger partial charge in [-0.05, 0) is 36.5 Å². The van der Waals surface area contributed by atoms with Gasteiger partial charge in [0.05, 0.1) is 20.4 Å². The van der Waals surface area contributed by atoms with E-state index in [9.17, 15) is 0 Å². The molecular formula is C16H15N5O2S. The van der Waals surface area contributed by atoms with Crippen LogP contribution >= 0.6 is 12.2 Å². The molecule has 7 nitrogen and oxygen atoms in total. The Hall–Kier alpha value is -3.00. The predicted molar refractivity (Wildman–Crippen MR) is 93.2 cm³/mol. The number of hydrogen-bond acceptors (Lipinski definition) is 6. The summed E-state index contributed by atoms with van der Waals surface area (Å²) in [6.07, 6.45) is 3.32. The standard InChI is InChI=1S/C16H15N5O2S/c1-22-13-8-5-6-11(14(13)23-2)10-18-21-15(19-20-16(21)24)12-7-3-4-9-17-12/h3-10H,1-2H3,(H,20,24)/b18-10-. The monoisotopic (exact) mass is 341 g/mol. The number of para-hydroxylation sites is 1. The number of nitrogens with one attached hydrogen (secondary N) is 1. The van der Waals surface area contributed by atoms with Crippen molar-refractivity contribution in [2.75, 3.05) is 14.2 Å². The fourth-order valence-electron chi connectivity index (χ4n) is 2.19. The summed E-state index contributed by atoms with van der Waals surface area (Å²) < 4.78 is 12.6. The number of ether oxygens (including phenoxy) is 2. The highest BCUT2D eigenvalue weighted by Crippen LogP contribution is 2.29. The molecule has 1 aromatic carbocycles. The van der Waals surface area contributed by atoms with Crippen LogP contribution in [0.1, 0.15) is 5.56 Å². The molecule has 0 radical (unpaired) electrons. The fourth-order valence-corrected chi connectivity index (χ4v) is 2.37. The Morgan fingerprint density at radius 1 is 1.17 bits per heavy atom. The first-order valence-corrected chi connectivity index (χ1v) is 7.49. The van der Waals surface area contributed by atoms with Crippen LogP contribution in [-0.4, -0.2) is 40.3 Å². The maximum Gasteiger partial charge on any atom is 0.216 e. The number of pyridine rings is 1. The maximum atomic E-state index is 5.40. The summed E-state index contributed by atoms with van der Waals surface area (Å²) in [6, 6.07) is 11.1. The summed E-state index contributed by atoms with van der Waals surface area (Å²) >= 11 is 5.25. The minimum Gasteiger partial charge on any atom is -0.493 e. The smallest absolute Gasteiger partial charge is 0.216 e. The van der Waals surface area contributed by atoms with E-state index in [4.69, 9.17) is 21.7 Å². The van der Waals surface area contributed by atoms with Crippen molar-refractivity contribution in [3.05, 3.63) is 52.9 Å². The molecule has 24 heavy (non-hydrogen) atoms. The van der Waals surface area contributed by atoms with Crippen LogP contribution in [0.25, 0.3) is 11.5 Å². The van der Waals surface area contributed by atoms with E-state index in [0.29, 0.717) is 27.8 Å². The molecule has 0 bridgehead atoms. The molecule has 122 valence electrons. The van der Waals surface area contributed by atoms with Crippen LogP contribution in [0, 0.1) is 4.77 Å². The second kappa shape index (κ2) is 7.05. The van der Waals surface area contributed by atoms with E-state index in [2.05, 4.69) is 20.3 Å². The van der Waals surface area contributed by atoms with Crippen LogP contribution in [0.5, 0.6) is 11.5 Å². The van der Waals surface area contributed by atoms with Crippen molar-refractivity contribution >= 4 is 18.4 Å². The Kier molecular flexibility index (Phi) is 4.66. The van der Waals surface area contributed by atoms with E-state index in [1.165, 1.54) is 4.68 Å². The second-order valence-electron chi connectivity index (χ2n) is 4.71. The fraction of sp³-hybridized carbons (Fsp3) is 0.125. The summed E-state index contributed by atoms with van der Waals surface area (Å²) in [6.45, 7) is 0. The number of aromatic nitrogens is 4. The van der Waals surface area contributed by atoms with Gasteiger partial charge in [0.2, 0.25) is 10.6 Å². The number of methoxy groups -OCH3 is 2. The summed E-state index contributed by atoms with van der Waals surface area (Å²) in [7, 11) is 3.17. The van der Waals surface area contributed by atoms with Gasteiger partial charge >= 0.3 is 0 Å². The molecule has 0 unspecified atom stereocenters. The molecule has 0 aliphatic carbocycles. The van der Waals surface area contributed by atoms with Gasteiger partial charge < -0.3 is 9.47 Å². The van der Waals surface area contributed by atoms with Crippen molar-refractivity contribution in [1.29, 1.82) is 0 Å². The van der Waals surface area contributed by atoms with Crippen LogP contribution in [0.15, 0.2) is 47.7 Å². The number of aromatic amines is 1. The molecule has 0 saturated carbocycles. The Morgan fingerprint density at radius 2 is 2.04 bits per heavy atom. The molecule has 3 aromatic rings. The number of rotatable bonds is 5. The third kappa shape index (κ3) is 3.04. The normalized spacial score (nSPS) is 10.9. The quantitative estimate of drug-likeness (QED) is 0.570. The third-order valence-corrected chi connectivity index (χ3v) is 3.55. The third-order valence-electron chi connectivity index (χ3n) is 3.29. The minimum absolute atomic E-state index is 0.369. The Labute approximate surface area is 143 Å². The topological polar surface area (TPSA) is 77.3 Å². The zero-order chi connectivity index (χ0) is 16.9. The molecule has 8 heteroatoms. The number of nitrogens with zero attached hydrogens (tertiary/aromatic N) is 4. The van der Waals surface area contributed by atoms with Crippen LogP contribution in [0.3, 0.4) is 0 Å². The predicted octanol–water partition coefficient (Wildman–Crippen LogP) is 2.90. The van der Waals surface area contributed by atoms with E-state index in [-0.39, 0.29) is 0 Å². The van der Waals surface area contributed by atoms with Gasteiger partial charge in [-0.3, -0.25) is 4.98 Å². The average Bonchev–Trinajstić information content (AvgIpc) is 3.00. The molecular weight excluding hydrogens is 326 g/mol. The first-order chi connectivity index (χ1) is 11.7. The van der Waals surface area contributed by atoms with Crippen LogP contribution in [0.2, 0.25) is 0 Å². The SMILES string of the molecule is COc1cccc(/C=N\n2c(-c3ccccn3)n[nH]c2=S)c1OC. The lowest BCUT2D eigenvalue weighted by Gasteiger charge is -2.09. The van der Waals surface area contributed by atoms with Crippen molar-refractivity contribution in [3.63, 3.8) is 0 Å². The van der Waals surface area contributed by atoms with E-state index >= 15 is 0 Å². The first-order valence-electron chi connectivity index (χ1n) is 7.08. The Morgan fingerprint density at radius 3 is 2.75 bits per heavy atom. The molecule has 3 rings (SSSR count). The lowest BCUT2D eigenvalue weighted by molar-refractivity contribution is 0.354. The molecule has 0 saturated heterocycles. The van der Waals surface area contributed by atoms with Gasteiger partial charge in [-0.25, -0.2) is 5.10 Å². The van der Waals surface area contributed by atoms with E-state index in [0.717, 1.165) is 5.56 Å². The molecule has 0 amide bonds. The molecule has 2 heterocycles.